The molecule has 0 saturated heterocycles. The second-order valence-corrected chi connectivity index (χ2v) is 4.84. The SMILES string of the molecule is O=C(NN=Cc1cccc(O)c1O)c1ccc(Br)cc1. The maximum atomic E-state index is 11.7. The monoisotopic (exact) mass is 334 g/mol. The van der Waals surface area contributed by atoms with E-state index in [4.69, 9.17) is 0 Å². The predicted molar refractivity (Wildman–Crippen MR) is 79.0 cm³/mol. The number of amides is 1. The standard InChI is InChI=1S/C14H11BrN2O3/c15-11-6-4-9(5-7-11)14(20)17-16-8-10-2-1-3-12(18)13(10)19/h1-8,18-19H,(H,17,20). The van der Waals surface area contributed by atoms with Crippen molar-refractivity contribution in [3.05, 3.63) is 58.1 Å². The molecule has 1 amide bonds. The summed E-state index contributed by atoms with van der Waals surface area (Å²) in [5.41, 5.74) is 3.11. The zero-order chi connectivity index (χ0) is 14.5. The summed E-state index contributed by atoms with van der Waals surface area (Å²) in [7, 11) is 0. The van der Waals surface area contributed by atoms with Crippen LogP contribution in [0.1, 0.15) is 15.9 Å². The molecule has 0 radical (unpaired) electrons. The Morgan fingerprint density at radius 3 is 2.55 bits per heavy atom. The zero-order valence-electron chi connectivity index (χ0n) is 10.2. The lowest BCUT2D eigenvalue weighted by atomic mass is 10.2. The molecule has 0 spiro atoms. The molecule has 5 nitrogen and oxygen atoms in total. The number of carbonyl (C=O) groups is 1. The van der Waals surface area contributed by atoms with Crippen molar-refractivity contribution in [1.82, 2.24) is 5.43 Å². The maximum Gasteiger partial charge on any atom is 0.271 e. The summed E-state index contributed by atoms with van der Waals surface area (Å²) in [6.45, 7) is 0. The van der Waals surface area contributed by atoms with Crippen molar-refractivity contribution >= 4 is 28.1 Å². The molecule has 6 heteroatoms. The van der Waals surface area contributed by atoms with Gasteiger partial charge in [-0.05, 0) is 36.4 Å². The van der Waals surface area contributed by atoms with Crippen molar-refractivity contribution in [2.24, 2.45) is 5.10 Å². The molecule has 0 heterocycles. The Bertz CT molecular complexity index is 654. The smallest absolute Gasteiger partial charge is 0.271 e. The van der Waals surface area contributed by atoms with Gasteiger partial charge in [0.1, 0.15) is 0 Å². The highest BCUT2D eigenvalue weighted by Gasteiger charge is 2.05. The number of aromatic hydroxyl groups is 2. The minimum atomic E-state index is -0.367. The highest BCUT2D eigenvalue weighted by molar-refractivity contribution is 9.10. The first-order valence-electron chi connectivity index (χ1n) is 5.68. The number of carbonyl (C=O) groups excluding carboxylic acids is 1. The van der Waals surface area contributed by atoms with Crippen molar-refractivity contribution in [2.45, 2.75) is 0 Å². The van der Waals surface area contributed by atoms with E-state index >= 15 is 0 Å². The summed E-state index contributed by atoms with van der Waals surface area (Å²) in [5, 5.41) is 22.6. The van der Waals surface area contributed by atoms with Crippen LogP contribution in [0.4, 0.5) is 0 Å². The van der Waals surface area contributed by atoms with Crippen molar-refractivity contribution in [3.63, 3.8) is 0 Å². The molecule has 0 saturated carbocycles. The van der Waals surface area contributed by atoms with E-state index in [9.17, 15) is 15.0 Å². The van der Waals surface area contributed by atoms with Gasteiger partial charge >= 0.3 is 0 Å². The zero-order valence-corrected chi connectivity index (χ0v) is 11.8. The molecule has 0 fully saturated rings. The molecule has 0 aromatic heterocycles. The number of nitrogens with zero attached hydrogens (tertiary/aromatic N) is 1. The lowest BCUT2D eigenvalue weighted by Crippen LogP contribution is -2.17. The Labute approximate surface area is 123 Å². The number of benzene rings is 2. The Morgan fingerprint density at radius 1 is 1.15 bits per heavy atom. The van der Waals surface area contributed by atoms with Gasteiger partial charge in [0, 0.05) is 15.6 Å². The first-order valence-corrected chi connectivity index (χ1v) is 6.47. The van der Waals surface area contributed by atoms with Crippen LogP contribution in [-0.2, 0) is 0 Å². The highest BCUT2D eigenvalue weighted by Crippen LogP contribution is 2.26. The largest absolute Gasteiger partial charge is 0.504 e. The molecular weight excluding hydrogens is 324 g/mol. The summed E-state index contributed by atoms with van der Waals surface area (Å²) in [6.07, 6.45) is 1.26. The van der Waals surface area contributed by atoms with Crippen molar-refractivity contribution in [2.75, 3.05) is 0 Å². The summed E-state index contributed by atoms with van der Waals surface area (Å²) in [4.78, 5) is 11.7. The molecule has 2 aromatic rings. The number of phenolic OH excluding ortho intramolecular Hbond substituents is 2. The number of para-hydroxylation sites is 1. The van der Waals surface area contributed by atoms with Crippen LogP contribution in [0, 0.1) is 0 Å². The summed E-state index contributed by atoms with van der Waals surface area (Å²) in [6, 6.07) is 11.3. The third-order valence-electron chi connectivity index (χ3n) is 2.52. The summed E-state index contributed by atoms with van der Waals surface area (Å²) in [5.74, 6) is -0.893. The lowest BCUT2D eigenvalue weighted by molar-refractivity contribution is 0.0955. The first kappa shape index (κ1) is 14.1. The fourth-order valence-corrected chi connectivity index (χ4v) is 1.74. The van der Waals surface area contributed by atoms with Crippen LogP contribution < -0.4 is 5.43 Å². The summed E-state index contributed by atoms with van der Waals surface area (Å²) < 4.78 is 0.877. The molecule has 0 atom stereocenters. The molecule has 2 rings (SSSR count). The Morgan fingerprint density at radius 2 is 1.85 bits per heavy atom. The summed E-state index contributed by atoms with van der Waals surface area (Å²) >= 11 is 3.28. The molecule has 3 N–H and O–H groups in total. The van der Waals surface area contributed by atoms with E-state index in [-0.39, 0.29) is 17.4 Å². The van der Waals surface area contributed by atoms with Crippen molar-refractivity contribution in [3.8, 4) is 11.5 Å². The van der Waals surface area contributed by atoms with Crippen molar-refractivity contribution < 1.29 is 15.0 Å². The molecule has 0 unspecified atom stereocenters. The number of hydrogen-bond acceptors (Lipinski definition) is 4. The highest BCUT2D eigenvalue weighted by atomic mass is 79.9. The average Bonchev–Trinajstić information content (AvgIpc) is 2.44. The van der Waals surface area contributed by atoms with E-state index in [2.05, 4.69) is 26.5 Å². The molecule has 20 heavy (non-hydrogen) atoms. The van der Waals surface area contributed by atoms with Crippen LogP contribution in [0.25, 0.3) is 0 Å². The first-order chi connectivity index (χ1) is 9.58. The van der Waals surface area contributed by atoms with Gasteiger partial charge in [-0.3, -0.25) is 4.79 Å². The molecule has 0 bridgehead atoms. The molecule has 0 aliphatic rings. The molecule has 102 valence electrons. The van der Waals surface area contributed by atoms with Gasteiger partial charge < -0.3 is 10.2 Å². The van der Waals surface area contributed by atoms with Gasteiger partial charge in [0.25, 0.3) is 5.91 Å². The number of rotatable bonds is 3. The second-order valence-electron chi connectivity index (χ2n) is 3.92. The third kappa shape index (κ3) is 3.36. The van der Waals surface area contributed by atoms with Crippen LogP contribution >= 0.6 is 15.9 Å². The molecule has 0 aliphatic carbocycles. The van der Waals surface area contributed by atoms with Crippen LogP contribution in [0.3, 0.4) is 0 Å². The van der Waals surface area contributed by atoms with Crippen LogP contribution in [-0.4, -0.2) is 22.3 Å². The van der Waals surface area contributed by atoms with E-state index in [0.717, 1.165) is 4.47 Å². The Kier molecular flexibility index (Phi) is 4.37. The number of phenols is 2. The fourth-order valence-electron chi connectivity index (χ4n) is 1.48. The number of halogens is 1. The maximum absolute atomic E-state index is 11.7. The van der Waals surface area contributed by atoms with E-state index in [1.54, 1.807) is 36.4 Å². The Hall–Kier alpha value is -2.34. The molecule has 0 aliphatic heterocycles. The van der Waals surface area contributed by atoms with Gasteiger partial charge in [0.05, 0.1) is 6.21 Å². The normalized spacial score (nSPS) is 10.7. The van der Waals surface area contributed by atoms with Crippen LogP contribution in [0.2, 0.25) is 0 Å². The van der Waals surface area contributed by atoms with E-state index < -0.39 is 0 Å². The predicted octanol–water partition coefficient (Wildman–Crippen LogP) is 2.62. The number of hydrogen-bond donors (Lipinski definition) is 3. The second kappa shape index (κ2) is 6.21. The quantitative estimate of drug-likeness (QED) is 0.458. The van der Waals surface area contributed by atoms with Gasteiger partial charge in [-0.2, -0.15) is 5.10 Å². The number of hydrazone groups is 1. The van der Waals surface area contributed by atoms with E-state index in [1.807, 2.05) is 0 Å². The fraction of sp³-hybridized carbons (Fsp3) is 0. The van der Waals surface area contributed by atoms with E-state index in [1.165, 1.54) is 12.3 Å². The van der Waals surface area contributed by atoms with Gasteiger partial charge in [0.2, 0.25) is 0 Å². The van der Waals surface area contributed by atoms with Gasteiger partial charge in [-0.15, -0.1) is 0 Å². The topological polar surface area (TPSA) is 81.9 Å². The van der Waals surface area contributed by atoms with Gasteiger partial charge in [-0.25, -0.2) is 5.43 Å². The van der Waals surface area contributed by atoms with Crippen LogP contribution in [0.5, 0.6) is 11.5 Å². The average molecular weight is 335 g/mol. The van der Waals surface area contributed by atoms with Gasteiger partial charge in [0.15, 0.2) is 11.5 Å². The van der Waals surface area contributed by atoms with E-state index in [0.29, 0.717) is 11.1 Å². The minimum absolute atomic E-state index is 0.242. The lowest BCUT2D eigenvalue weighted by Gasteiger charge is -2.02. The molecular formula is C14H11BrN2O3. The van der Waals surface area contributed by atoms with Gasteiger partial charge in [-0.1, -0.05) is 22.0 Å². The Balaban J connectivity index is 2.04. The molecule has 2 aromatic carbocycles. The van der Waals surface area contributed by atoms with Crippen molar-refractivity contribution in [1.29, 1.82) is 0 Å². The third-order valence-corrected chi connectivity index (χ3v) is 3.05. The number of nitrogens with one attached hydrogen (secondary N) is 1. The minimum Gasteiger partial charge on any atom is -0.504 e. The van der Waals surface area contributed by atoms with Crippen LogP contribution in [0.15, 0.2) is 52.0 Å².